The molecule has 1 aliphatic rings. The van der Waals surface area contributed by atoms with Crippen LogP contribution in [0.15, 0.2) is 24.3 Å². The van der Waals surface area contributed by atoms with Gasteiger partial charge in [0.25, 0.3) is 0 Å². The highest BCUT2D eigenvalue weighted by atomic mass is 16.5. The molecule has 0 aliphatic carbocycles. The van der Waals surface area contributed by atoms with Crippen molar-refractivity contribution in [2.45, 2.75) is 52.5 Å². The molecule has 1 saturated heterocycles. The molecular weight excluding hydrogens is 316 g/mol. The third-order valence-corrected chi connectivity index (χ3v) is 4.92. The molecule has 5 nitrogen and oxygen atoms in total. The molecule has 1 fully saturated rings. The Labute approximate surface area is 150 Å². The summed E-state index contributed by atoms with van der Waals surface area (Å²) in [5.74, 6) is 0.329. The summed E-state index contributed by atoms with van der Waals surface area (Å²) in [6.45, 7) is 9.95. The van der Waals surface area contributed by atoms with Gasteiger partial charge in [0.1, 0.15) is 0 Å². The topological polar surface area (TPSA) is 58.6 Å². The molecule has 1 N–H and O–H groups in total. The van der Waals surface area contributed by atoms with Crippen molar-refractivity contribution < 1.29 is 14.3 Å². The predicted molar refractivity (Wildman–Crippen MR) is 99.6 cm³/mol. The van der Waals surface area contributed by atoms with Crippen molar-refractivity contribution in [3.05, 3.63) is 29.8 Å². The summed E-state index contributed by atoms with van der Waals surface area (Å²) in [5.41, 5.74) is 2.08. The second kappa shape index (κ2) is 8.99. The Hall–Kier alpha value is -1.88. The SMILES string of the molecule is CCOC(=O)C1CCN(C(C)C(=O)Nc2ccc(C(C)C)cc2)CC1. The first kappa shape index (κ1) is 19.4. The van der Waals surface area contributed by atoms with Gasteiger partial charge in [0, 0.05) is 5.69 Å². The van der Waals surface area contributed by atoms with Crippen LogP contribution in [0.1, 0.15) is 52.0 Å². The maximum absolute atomic E-state index is 12.5. The second-order valence-electron chi connectivity index (χ2n) is 7.00. The molecule has 1 aromatic rings. The van der Waals surface area contributed by atoms with Gasteiger partial charge in [0.2, 0.25) is 5.91 Å². The zero-order valence-electron chi connectivity index (χ0n) is 15.7. The van der Waals surface area contributed by atoms with Crippen molar-refractivity contribution in [3.63, 3.8) is 0 Å². The van der Waals surface area contributed by atoms with Gasteiger partial charge in [-0.1, -0.05) is 26.0 Å². The van der Waals surface area contributed by atoms with Crippen LogP contribution in [0.4, 0.5) is 5.69 Å². The minimum atomic E-state index is -0.215. The van der Waals surface area contributed by atoms with Crippen LogP contribution in [0.25, 0.3) is 0 Å². The Bertz CT molecular complexity index is 575. The van der Waals surface area contributed by atoms with E-state index in [0.29, 0.717) is 12.5 Å². The van der Waals surface area contributed by atoms with Crippen LogP contribution in [0.2, 0.25) is 0 Å². The number of likely N-dealkylation sites (tertiary alicyclic amines) is 1. The lowest BCUT2D eigenvalue weighted by Gasteiger charge is -2.34. The van der Waals surface area contributed by atoms with Crippen LogP contribution < -0.4 is 5.32 Å². The van der Waals surface area contributed by atoms with Crippen LogP contribution in [-0.4, -0.2) is 42.5 Å². The number of carbonyl (C=O) groups is 2. The Morgan fingerprint density at radius 2 is 1.76 bits per heavy atom. The molecule has 1 unspecified atom stereocenters. The molecule has 0 radical (unpaired) electrons. The van der Waals surface area contributed by atoms with Gasteiger partial charge in [0.05, 0.1) is 18.6 Å². The van der Waals surface area contributed by atoms with Gasteiger partial charge in [0.15, 0.2) is 0 Å². The third kappa shape index (κ3) is 5.30. The fraction of sp³-hybridized carbons (Fsp3) is 0.600. The number of nitrogens with one attached hydrogen (secondary N) is 1. The van der Waals surface area contributed by atoms with E-state index < -0.39 is 0 Å². The van der Waals surface area contributed by atoms with E-state index in [-0.39, 0.29) is 23.8 Å². The van der Waals surface area contributed by atoms with Gasteiger partial charge in [-0.15, -0.1) is 0 Å². The normalized spacial score (nSPS) is 17.3. The summed E-state index contributed by atoms with van der Waals surface area (Å²) in [5, 5.41) is 2.99. The van der Waals surface area contributed by atoms with Crippen molar-refractivity contribution in [2.75, 3.05) is 25.0 Å². The van der Waals surface area contributed by atoms with Crippen molar-refractivity contribution >= 4 is 17.6 Å². The number of ether oxygens (including phenoxy) is 1. The Morgan fingerprint density at radius 1 is 1.16 bits per heavy atom. The van der Waals surface area contributed by atoms with Gasteiger partial charge in [-0.05, 0) is 63.4 Å². The standard InChI is InChI=1S/C20H30N2O3/c1-5-25-20(24)17-10-12-22(13-11-17)15(4)19(23)21-18-8-6-16(7-9-18)14(2)3/h6-9,14-15,17H,5,10-13H2,1-4H3,(H,21,23). The van der Waals surface area contributed by atoms with Crippen molar-refractivity contribution in [2.24, 2.45) is 5.92 Å². The summed E-state index contributed by atoms with van der Waals surface area (Å²) < 4.78 is 5.09. The van der Waals surface area contributed by atoms with Gasteiger partial charge >= 0.3 is 5.97 Å². The van der Waals surface area contributed by atoms with Crippen LogP contribution in [0.3, 0.4) is 0 Å². The van der Waals surface area contributed by atoms with Gasteiger partial charge in [-0.25, -0.2) is 0 Å². The molecule has 0 spiro atoms. The van der Waals surface area contributed by atoms with E-state index in [0.717, 1.165) is 31.6 Å². The number of piperidine rings is 1. The summed E-state index contributed by atoms with van der Waals surface area (Å²) in [6, 6.07) is 7.79. The van der Waals surface area contributed by atoms with Crippen molar-refractivity contribution in [3.8, 4) is 0 Å². The van der Waals surface area contributed by atoms with Crippen LogP contribution in [0, 0.1) is 5.92 Å². The number of esters is 1. The molecule has 0 aromatic heterocycles. The second-order valence-corrected chi connectivity index (χ2v) is 7.00. The maximum Gasteiger partial charge on any atom is 0.309 e. The third-order valence-electron chi connectivity index (χ3n) is 4.92. The first-order valence-corrected chi connectivity index (χ1v) is 9.23. The Balaban J connectivity index is 1.85. The highest BCUT2D eigenvalue weighted by molar-refractivity contribution is 5.94. The zero-order valence-corrected chi connectivity index (χ0v) is 15.7. The highest BCUT2D eigenvalue weighted by Crippen LogP contribution is 2.21. The van der Waals surface area contributed by atoms with E-state index in [1.54, 1.807) is 0 Å². The van der Waals surface area contributed by atoms with Crippen LogP contribution in [0.5, 0.6) is 0 Å². The number of carbonyl (C=O) groups excluding carboxylic acids is 2. The summed E-state index contributed by atoms with van der Waals surface area (Å²) in [7, 11) is 0. The number of benzene rings is 1. The molecule has 138 valence electrons. The molecule has 5 heteroatoms. The fourth-order valence-electron chi connectivity index (χ4n) is 3.15. The van der Waals surface area contributed by atoms with Gasteiger partial charge < -0.3 is 10.1 Å². The molecule has 1 amide bonds. The fourth-order valence-corrected chi connectivity index (χ4v) is 3.15. The molecule has 0 saturated carbocycles. The van der Waals surface area contributed by atoms with E-state index >= 15 is 0 Å². The van der Waals surface area contributed by atoms with Crippen LogP contribution in [-0.2, 0) is 14.3 Å². The molecule has 25 heavy (non-hydrogen) atoms. The molecule has 1 heterocycles. The molecular formula is C20H30N2O3. The Kier molecular flexibility index (Phi) is 7.00. The quantitative estimate of drug-likeness (QED) is 0.802. The summed E-state index contributed by atoms with van der Waals surface area (Å²) >= 11 is 0. The molecule has 0 bridgehead atoms. The lowest BCUT2D eigenvalue weighted by molar-refractivity contribution is -0.149. The van der Waals surface area contributed by atoms with E-state index in [1.807, 2.05) is 26.0 Å². The molecule has 1 atom stereocenters. The van der Waals surface area contributed by atoms with Crippen molar-refractivity contribution in [1.82, 2.24) is 4.90 Å². The number of hydrogen-bond acceptors (Lipinski definition) is 4. The highest BCUT2D eigenvalue weighted by Gasteiger charge is 2.30. The first-order valence-electron chi connectivity index (χ1n) is 9.23. The monoisotopic (exact) mass is 346 g/mol. The van der Waals surface area contributed by atoms with Gasteiger partial charge in [-0.2, -0.15) is 0 Å². The van der Waals surface area contributed by atoms with E-state index in [2.05, 4.69) is 36.2 Å². The first-order chi connectivity index (χ1) is 11.9. The van der Waals surface area contributed by atoms with E-state index in [4.69, 9.17) is 4.74 Å². The smallest absolute Gasteiger partial charge is 0.309 e. The number of anilines is 1. The molecule has 1 aromatic carbocycles. The largest absolute Gasteiger partial charge is 0.466 e. The minimum Gasteiger partial charge on any atom is -0.466 e. The van der Waals surface area contributed by atoms with Crippen LogP contribution >= 0.6 is 0 Å². The number of rotatable bonds is 6. The lowest BCUT2D eigenvalue weighted by Crippen LogP contribution is -2.47. The molecule has 2 rings (SSSR count). The van der Waals surface area contributed by atoms with E-state index in [9.17, 15) is 9.59 Å². The average Bonchev–Trinajstić information content (AvgIpc) is 2.61. The maximum atomic E-state index is 12.5. The van der Waals surface area contributed by atoms with Gasteiger partial charge in [-0.3, -0.25) is 14.5 Å². The lowest BCUT2D eigenvalue weighted by atomic mass is 9.96. The summed E-state index contributed by atoms with van der Waals surface area (Å²) in [6.07, 6.45) is 1.50. The zero-order chi connectivity index (χ0) is 18.4. The number of hydrogen-bond donors (Lipinski definition) is 1. The number of nitrogens with zero attached hydrogens (tertiary/aromatic N) is 1. The summed E-state index contributed by atoms with van der Waals surface area (Å²) in [4.78, 5) is 26.4. The van der Waals surface area contributed by atoms with Crippen molar-refractivity contribution in [1.29, 1.82) is 0 Å². The minimum absolute atomic E-state index is 0.00752. The Morgan fingerprint density at radius 3 is 2.28 bits per heavy atom. The molecule has 1 aliphatic heterocycles. The number of amides is 1. The van der Waals surface area contributed by atoms with E-state index in [1.165, 1.54) is 5.56 Å². The predicted octanol–water partition coefficient (Wildman–Crippen LogP) is 3.41. The average molecular weight is 346 g/mol.